The fourth-order valence-corrected chi connectivity index (χ4v) is 2.96. The van der Waals surface area contributed by atoms with Crippen molar-refractivity contribution in [3.8, 4) is 5.69 Å². The molecule has 5 heteroatoms. The Morgan fingerprint density at radius 3 is 2.85 bits per heavy atom. The van der Waals surface area contributed by atoms with E-state index in [0.717, 1.165) is 31.6 Å². The molecule has 0 radical (unpaired) electrons. The lowest BCUT2D eigenvalue weighted by atomic mass is 10.1. The minimum Gasteiger partial charge on any atom is -0.311 e. The summed E-state index contributed by atoms with van der Waals surface area (Å²) in [5.41, 5.74) is 4.81. The Kier molecular flexibility index (Phi) is 3.38. The van der Waals surface area contributed by atoms with Gasteiger partial charge in [0.05, 0.1) is 17.1 Å². The van der Waals surface area contributed by atoms with Gasteiger partial charge in [-0.3, -0.25) is 9.25 Å². The Morgan fingerprint density at radius 2 is 2.20 bits per heavy atom. The topological polar surface area (TPSA) is 47.7 Å². The van der Waals surface area contributed by atoms with Crippen LogP contribution in [0.2, 0.25) is 0 Å². The third kappa shape index (κ3) is 2.26. The van der Waals surface area contributed by atoms with Crippen molar-refractivity contribution in [2.75, 3.05) is 6.54 Å². The Bertz CT molecular complexity index is 620. The summed E-state index contributed by atoms with van der Waals surface area (Å²) < 4.78 is 4.23. The molecule has 2 aromatic rings. The molecule has 0 saturated heterocycles. The van der Waals surface area contributed by atoms with Gasteiger partial charge in [0, 0.05) is 44.9 Å². The van der Waals surface area contributed by atoms with Crippen molar-refractivity contribution in [3.63, 3.8) is 0 Å². The van der Waals surface area contributed by atoms with Gasteiger partial charge < -0.3 is 5.32 Å². The van der Waals surface area contributed by atoms with Gasteiger partial charge in [0.15, 0.2) is 0 Å². The van der Waals surface area contributed by atoms with Crippen LogP contribution in [0.1, 0.15) is 36.8 Å². The third-order valence-corrected chi connectivity index (χ3v) is 3.78. The zero-order valence-corrected chi connectivity index (χ0v) is 12.8. The van der Waals surface area contributed by atoms with E-state index in [1.165, 1.54) is 22.9 Å². The number of rotatable bonds is 3. The molecule has 0 saturated carbocycles. The summed E-state index contributed by atoms with van der Waals surface area (Å²) in [6.45, 7) is 8.46. The van der Waals surface area contributed by atoms with Crippen LogP contribution in [0.4, 0.5) is 0 Å². The maximum absolute atomic E-state index is 4.88. The van der Waals surface area contributed by atoms with Crippen molar-refractivity contribution in [3.05, 3.63) is 29.1 Å². The predicted molar refractivity (Wildman–Crippen MR) is 79.0 cm³/mol. The van der Waals surface area contributed by atoms with Gasteiger partial charge in [-0.05, 0) is 12.8 Å². The molecule has 5 nitrogen and oxygen atoms in total. The van der Waals surface area contributed by atoms with Crippen LogP contribution in [0.25, 0.3) is 5.69 Å². The first-order chi connectivity index (χ1) is 9.56. The highest BCUT2D eigenvalue weighted by atomic mass is 15.3. The monoisotopic (exact) mass is 273 g/mol. The molecule has 0 aliphatic carbocycles. The molecule has 108 valence electrons. The van der Waals surface area contributed by atoms with Gasteiger partial charge in [0.1, 0.15) is 5.82 Å². The third-order valence-electron chi connectivity index (χ3n) is 3.78. The van der Waals surface area contributed by atoms with E-state index in [1.54, 1.807) is 0 Å². The van der Waals surface area contributed by atoms with E-state index in [2.05, 4.69) is 42.0 Å². The number of aromatic nitrogens is 4. The van der Waals surface area contributed by atoms with Gasteiger partial charge in [-0.1, -0.05) is 13.8 Å². The molecule has 0 atom stereocenters. The van der Waals surface area contributed by atoms with Crippen LogP contribution in [0, 0.1) is 12.8 Å². The minimum atomic E-state index is 0.600. The zero-order chi connectivity index (χ0) is 14.3. The van der Waals surface area contributed by atoms with Gasteiger partial charge >= 0.3 is 0 Å². The van der Waals surface area contributed by atoms with Gasteiger partial charge in [-0.2, -0.15) is 5.10 Å². The molecule has 3 heterocycles. The van der Waals surface area contributed by atoms with E-state index in [9.17, 15) is 0 Å². The second-order valence-electron chi connectivity index (χ2n) is 6.05. The zero-order valence-electron chi connectivity index (χ0n) is 12.8. The lowest BCUT2D eigenvalue weighted by Gasteiger charge is -2.16. The maximum Gasteiger partial charge on any atom is 0.114 e. The number of aryl methyl sites for hydroxylation is 2. The first-order valence-corrected chi connectivity index (χ1v) is 7.37. The van der Waals surface area contributed by atoms with Gasteiger partial charge in [-0.15, -0.1) is 0 Å². The van der Waals surface area contributed by atoms with Crippen LogP contribution < -0.4 is 5.32 Å². The fourth-order valence-electron chi connectivity index (χ4n) is 2.96. The fraction of sp³-hybridized carbons (Fsp3) is 0.600. The van der Waals surface area contributed by atoms with Crippen LogP contribution in [-0.4, -0.2) is 25.9 Å². The normalized spacial score (nSPS) is 14.8. The average Bonchev–Trinajstić information content (AvgIpc) is 2.88. The standard InChI is InChI=1S/C15H23N5/c1-10(2)7-15-17-12-8-16-6-5-13(12)20(15)14-9-19(4)18-11(14)3/h9-10,16H,5-8H2,1-4H3. The van der Waals surface area contributed by atoms with Crippen molar-refractivity contribution in [2.45, 2.75) is 40.2 Å². The molecule has 1 aliphatic rings. The maximum atomic E-state index is 4.88. The summed E-state index contributed by atoms with van der Waals surface area (Å²) in [4.78, 5) is 4.88. The van der Waals surface area contributed by atoms with E-state index in [4.69, 9.17) is 4.98 Å². The van der Waals surface area contributed by atoms with E-state index >= 15 is 0 Å². The highest BCUT2D eigenvalue weighted by Gasteiger charge is 2.22. The molecule has 1 aliphatic heterocycles. The molecule has 0 fully saturated rings. The van der Waals surface area contributed by atoms with Crippen LogP contribution in [-0.2, 0) is 26.4 Å². The van der Waals surface area contributed by atoms with E-state index in [1.807, 2.05) is 11.7 Å². The van der Waals surface area contributed by atoms with Gasteiger partial charge in [0.25, 0.3) is 0 Å². The van der Waals surface area contributed by atoms with Crippen molar-refractivity contribution >= 4 is 0 Å². The first kappa shape index (κ1) is 13.4. The van der Waals surface area contributed by atoms with Gasteiger partial charge in [0.2, 0.25) is 0 Å². The number of fused-ring (bicyclic) bond motifs is 1. The minimum absolute atomic E-state index is 0.600. The van der Waals surface area contributed by atoms with Crippen molar-refractivity contribution in [1.82, 2.24) is 24.6 Å². The molecular formula is C15H23N5. The molecule has 0 aromatic carbocycles. The molecule has 2 aromatic heterocycles. The van der Waals surface area contributed by atoms with Crippen molar-refractivity contribution in [1.29, 1.82) is 0 Å². The Balaban J connectivity index is 2.16. The number of hydrogen-bond acceptors (Lipinski definition) is 3. The summed E-state index contributed by atoms with van der Waals surface area (Å²) in [7, 11) is 1.98. The van der Waals surface area contributed by atoms with Gasteiger partial charge in [-0.25, -0.2) is 4.98 Å². The van der Waals surface area contributed by atoms with Crippen LogP contribution in [0.5, 0.6) is 0 Å². The molecule has 0 spiro atoms. The van der Waals surface area contributed by atoms with Crippen LogP contribution in [0.15, 0.2) is 6.20 Å². The lowest BCUT2D eigenvalue weighted by Crippen LogP contribution is -2.24. The number of nitrogens with one attached hydrogen (secondary N) is 1. The summed E-state index contributed by atoms with van der Waals surface area (Å²) in [6.07, 6.45) is 4.14. The quantitative estimate of drug-likeness (QED) is 0.927. The first-order valence-electron chi connectivity index (χ1n) is 7.37. The highest BCUT2D eigenvalue weighted by Crippen LogP contribution is 2.24. The largest absolute Gasteiger partial charge is 0.311 e. The highest BCUT2D eigenvalue weighted by molar-refractivity contribution is 5.40. The second kappa shape index (κ2) is 5.05. The molecule has 0 bridgehead atoms. The van der Waals surface area contributed by atoms with E-state index in [0.29, 0.717) is 5.92 Å². The molecule has 1 N–H and O–H groups in total. The number of nitrogens with zero attached hydrogens (tertiary/aromatic N) is 4. The Labute approximate surface area is 120 Å². The molecule has 0 unspecified atom stereocenters. The summed E-state index contributed by atoms with van der Waals surface area (Å²) in [5.74, 6) is 1.77. The SMILES string of the molecule is Cc1nn(C)cc1-n1c(CC(C)C)nc2c1CCNC2. The predicted octanol–water partition coefficient (Wildman–Crippen LogP) is 1.76. The molecule has 20 heavy (non-hydrogen) atoms. The lowest BCUT2D eigenvalue weighted by molar-refractivity contribution is 0.607. The van der Waals surface area contributed by atoms with Crippen molar-refractivity contribution in [2.24, 2.45) is 13.0 Å². The van der Waals surface area contributed by atoms with Crippen molar-refractivity contribution < 1.29 is 0 Å². The summed E-state index contributed by atoms with van der Waals surface area (Å²) >= 11 is 0. The molecular weight excluding hydrogens is 250 g/mol. The van der Waals surface area contributed by atoms with Crippen LogP contribution >= 0.6 is 0 Å². The van der Waals surface area contributed by atoms with E-state index in [-0.39, 0.29) is 0 Å². The number of hydrogen-bond donors (Lipinski definition) is 1. The second-order valence-corrected chi connectivity index (χ2v) is 6.05. The Morgan fingerprint density at radius 1 is 1.40 bits per heavy atom. The molecule has 3 rings (SSSR count). The smallest absolute Gasteiger partial charge is 0.114 e. The Hall–Kier alpha value is -1.62. The summed E-state index contributed by atoms with van der Waals surface area (Å²) in [5, 5.41) is 7.90. The van der Waals surface area contributed by atoms with E-state index < -0.39 is 0 Å². The molecule has 0 amide bonds. The summed E-state index contributed by atoms with van der Waals surface area (Å²) in [6, 6.07) is 0. The van der Waals surface area contributed by atoms with Crippen LogP contribution in [0.3, 0.4) is 0 Å². The number of imidazole rings is 1. The average molecular weight is 273 g/mol.